The van der Waals surface area contributed by atoms with Gasteiger partial charge in [-0.3, -0.25) is 10.00 Å². The molecule has 0 spiro atoms. The highest BCUT2D eigenvalue weighted by molar-refractivity contribution is 5.88. The molecular formula is C20H18F4N4O. The summed E-state index contributed by atoms with van der Waals surface area (Å²) in [7, 11) is 0. The molecule has 5 nitrogen and oxygen atoms in total. The van der Waals surface area contributed by atoms with E-state index in [1.807, 2.05) is 0 Å². The Morgan fingerprint density at radius 3 is 2.38 bits per heavy atom. The molecule has 1 aromatic heterocycles. The molecule has 3 aromatic rings. The van der Waals surface area contributed by atoms with Crippen LogP contribution in [0, 0.1) is 5.82 Å². The van der Waals surface area contributed by atoms with Crippen molar-refractivity contribution in [2.45, 2.75) is 25.7 Å². The standard InChI is InChI=1S/C20H18F4N4O/c21-17-7-5-14(6-8-17)13-28-10-9-18(27-28)26-19(29)25-12-16-4-2-1-3-15(16)11-20(22,23)24/h1-10H,11-13H2,(H2,25,26,27,29). The summed E-state index contributed by atoms with van der Waals surface area (Å²) in [6, 6.07) is 13.0. The SMILES string of the molecule is O=C(NCc1ccccc1CC(F)(F)F)Nc1ccn(Cc2ccc(F)cc2)n1. The number of anilines is 1. The maximum atomic E-state index is 12.9. The van der Waals surface area contributed by atoms with E-state index in [0.29, 0.717) is 12.1 Å². The van der Waals surface area contributed by atoms with Crippen molar-refractivity contribution in [3.05, 3.63) is 83.3 Å². The average Bonchev–Trinajstić information content (AvgIpc) is 3.08. The number of carbonyl (C=O) groups is 1. The minimum absolute atomic E-state index is 0.0472. The number of benzene rings is 2. The van der Waals surface area contributed by atoms with Crippen LogP contribution in [0.5, 0.6) is 0 Å². The second-order valence-corrected chi connectivity index (χ2v) is 6.39. The van der Waals surface area contributed by atoms with Crippen LogP contribution in [0.4, 0.5) is 28.2 Å². The summed E-state index contributed by atoms with van der Waals surface area (Å²) >= 11 is 0. The molecular weight excluding hydrogens is 388 g/mol. The van der Waals surface area contributed by atoms with Crippen LogP contribution in [0.1, 0.15) is 16.7 Å². The maximum Gasteiger partial charge on any atom is 0.393 e. The summed E-state index contributed by atoms with van der Waals surface area (Å²) in [5.41, 5.74) is 1.34. The first-order chi connectivity index (χ1) is 13.8. The van der Waals surface area contributed by atoms with Gasteiger partial charge in [-0.1, -0.05) is 36.4 Å². The van der Waals surface area contributed by atoms with Crippen molar-refractivity contribution in [2.75, 3.05) is 5.32 Å². The molecule has 1 heterocycles. The Labute approximate surface area is 164 Å². The van der Waals surface area contributed by atoms with E-state index in [0.717, 1.165) is 5.56 Å². The molecule has 0 aliphatic carbocycles. The van der Waals surface area contributed by atoms with Crippen molar-refractivity contribution in [3.8, 4) is 0 Å². The molecule has 0 bridgehead atoms. The summed E-state index contributed by atoms with van der Waals surface area (Å²) in [5, 5.41) is 9.25. The van der Waals surface area contributed by atoms with Crippen LogP contribution < -0.4 is 10.6 Å². The predicted molar refractivity (Wildman–Crippen MR) is 99.8 cm³/mol. The van der Waals surface area contributed by atoms with Crippen LogP contribution in [0.15, 0.2) is 60.8 Å². The van der Waals surface area contributed by atoms with E-state index in [9.17, 15) is 22.4 Å². The van der Waals surface area contributed by atoms with Crippen LogP contribution in [0.25, 0.3) is 0 Å². The van der Waals surface area contributed by atoms with Crippen molar-refractivity contribution in [1.82, 2.24) is 15.1 Å². The lowest BCUT2D eigenvalue weighted by Gasteiger charge is -2.12. The van der Waals surface area contributed by atoms with Crippen molar-refractivity contribution in [1.29, 1.82) is 0 Å². The fourth-order valence-electron chi connectivity index (χ4n) is 2.75. The lowest BCUT2D eigenvalue weighted by molar-refractivity contribution is -0.127. The van der Waals surface area contributed by atoms with Crippen molar-refractivity contribution in [2.24, 2.45) is 0 Å². The second kappa shape index (κ2) is 8.76. The smallest absolute Gasteiger partial charge is 0.334 e. The zero-order valence-electron chi connectivity index (χ0n) is 15.2. The van der Waals surface area contributed by atoms with Crippen LogP contribution >= 0.6 is 0 Å². The Kier molecular flexibility index (Phi) is 6.16. The van der Waals surface area contributed by atoms with Gasteiger partial charge in [-0.25, -0.2) is 9.18 Å². The normalized spacial score (nSPS) is 11.3. The highest BCUT2D eigenvalue weighted by Crippen LogP contribution is 2.23. The van der Waals surface area contributed by atoms with Crippen LogP contribution in [-0.4, -0.2) is 22.0 Å². The Bertz CT molecular complexity index is 967. The van der Waals surface area contributed by atoms with Crippen molar-refractivity contribution >= 4 is 11.8 Å². The minimum atomic E-state index is -4.32. The van der Waals surface area contributed by atoms with Gasteiger partial charge in [0.1, 0.15) is 5.82 Å². The first kappa shape index (κ1) is 20.4. The zero-order valence-corrected chi connectivity index (χ0v) is 15.2. The first-order valence-electron chi connectivity index (χ1n) is 8.75. The van der Waals surface area contributed by atoms with E-state index in [1.165, 1.54) is 24.3 Å². The number of hydrogen-bond acceptors (Lipinski definition) is 2. The van der Waals surface area contributed by atoms with E-state index < -0.39 is 18.6 Å². The molecule has 0 atom stereocenters. The molecule has 0 saturated heterocycles. The van der Waals surface area contributed by atoms with Gasteiger partial charge in [0.15, 0.2) is 5.82 Å². The zero-order chi connectivity index (χ0) is 20.9. The number of nitrogens with one attached hydrogen (secondary N) is 2. The Hall–Kier alpha value is -3.36. The second-order valence-electron chi connectivity index (χ2n) is 6.39. The summed E-state index contributed by atoms with van der Waals surface area (Å²) in [6.07, 6.45) is -3.73. The van der Waals surface area contributed by atoms with Gasteiger partial charge in [0, 0.05) is 18.8 Å². The molecule has 3 rings (SSSR count). The minimum Gasteiger partial charge on any atom is -0.334 e. The van der Waals surface area contributed by atoms with Gasteiger partial charge in [0.2, 0.25) is 0 Å². The fraction of sp³-hybridized carbons (Fsp3) is 0.200. The van der Waals surface area contributed by atoms with E-state index in [-0.39, 0.29) is 23.7 Å². The molecule has 2 amide bonds. The summed E-state index contributed by atoms with van der Waals surface area (Å²) < 4.78 is 52.5. The third kappa shape index (κ3) is 6.34. The number of halogens is 4. The first-order valence-corrected chi connectivity index (χ1v) is 8.75. The Balaban J connectivity index is 1.54. The van der Waals surface area contributed by atoms with Gasteiger partial charge in [-0.2, -0.15) is 18.3 Å². The van der Waals surface area contributed by atoms with Gasteiger partial charge in [-0.15, -0.1) is 0 Å². The molecule has 29 heavy (non-hydrogen) atoms. The molecule has 9 heteroatoms. The third-order valence-corrected chi connectivity index (χ3v) is 4.09. The lowest BCUT2D eigenvalue weighted by atomic mass is 10.0. The molecule has 0 radical (unpaired) electrons. The molecule has 0 fully saturated rings. The van der Waals surface area contributed by atoms with Gasteiger partial charge < -0.3 is 5.32 Å². The highest BCUT2D eigenvalue weighted by Gasteiger charge is 2.28. The van der Waals surface area contributed by atoms with Gasteiger partial charge >= 0.3 is 12.2 Å². The summed E-state index contributed by atoms with van der Waals surface area (Å²) in [4.78, 5) is 12.1. The number of rotatable bonds is 6. The maximum absolute atomic E-state index is 12.9. The Morgan fingerprint density at radius 2 is 1.69 bits per heavy atom. The number of amides is 2. The Morgan fingerprint density at radius 1 is 1.00 bits per heavy atom. The van der Waals surface area contributed by atoms with Gasteiger partial charge in [-0.05, 0) is 28.8 Å². The number of aromatic nitrogens is 2. The van der Waals surface area contributed by atoms with E-state index in [1.54, 1.807) is 41.2 Å². The van der Waals surface area contributed by atoms with Gasteiger partial charge in [0.05, 0.1) is 13.0 Å². The molecule has 152 valence electrons. The number of alkyl halides is 3. The van der Waals surface area contributed by atoms with Crippen molar-refractivity contribution < 1.29 is 22.4 Å². The van der Waals surface area contributed by atoms with Crippen LogP contribution in [0.2, 0.25) is 0 Å². The third-order valence-electron chi connectivity index (χ3n) is 4.09. The molecule has 0 aliphatic heterocycles. The number of urea groups is 1. The van der Waals surface area contributed by atoms with Gasteiger partial charge in [0.25, 0.3) is 0 Å². The number of nitrogens with zero attached hydrogens (tertiary/aromatic N) is 2. The molecule has 2 N–H and O–H groups in total. The quantitative estimate of drug-likeness (QED) is 0.593. The topological polar surface area (TPSA) is 59.0 Å². The summed E-state index contributed by atoms with van der Waals surface area (Å²) in [5.74, 6) is -0.0433. The van der Waals surface area contributed by atoms with Crippen LogP contribution in [0.3, 0.4) is 0 Å². The monoisotopic (exact) mass is 406 g/mol. The molecule has 0 unspecified atom stereocenters. The largest absolute Gasteiger partial charge is 0.393 e. The predicted octanol–water partition coefficient (Wildman–Crippen LogP) is 4.50. The molecule has 0 aliphatic rings. The molecule has 0 saturated carbocycles. The fourth-order valence-corrected chi connectivity index (χ4v) is 2.75. The average molecular weight is 406 g/mol. The highest BCUT2D eigenvalue weighted by atomic mass is 19.4. The van der Waals surface area contributed by atoms with E-state index in [2.05, 4.69) is 15.7 Å². The van der Waals surface area contributed by atoms with E-state index in [4.69, 9.17) is 0 Å². The van der Waals surface area contributed by atoms with Crippen LogP contribution in [-0.2, 0) is 19.5 Å². The lowest BCUT2D eigenvalue weighted by Crippen LogP contribution is -2.29. The number of carbonyl (C=O) groups excluding carboxylic acids is 1. The van der Waals surface area contributed by atoms with Crippen molar-refractivity contribution in [3.63, 3.8) is 0 Å². The summed E-state index contributed by atoms with van der Waals surface area (Å²) in [6.45, 7) is 0.350. The number of hydrogen-bond donors (Lipinski definition) is 2. The van der Waals surface area contributed by atoms with E-state index >= 15 is 0 Å². The molecule has 2 aromatic carbocycles.